The molecule has 214 valence electrons. The maximum atomic E-state index is 13.7. The third kappa shape index (κ3) is 10.9. The molecule has 0 aliphatic rings. The number of fused-ring (bicyclic) bond motifs is 1. The summed E-state index contributed by atoms with van der Waals surface area (Å²) in [5, 5.41) is 4.24. The van der Waals surface area contributed by atoms with Gasteiger partial charge in [0.05, 0.1) is 24.5 Å². The van der Waals surface area contributed by atoms with E-state index in [0.717, 1.165) is 5.56 Å². The molecule has 0 saturated carbocycles. The second-order valence-corrected chi connectivity index (χ2v) is 10.5. The number of nitrogens with zero attached hydrogens (tertiary/aromatic N) is 4. The normalized spacial score (nSPS) is 12.6. The summed E-state index contributed by atoms with van der Waals surface area (Å²) in [4.78, 5) is 31.4. The molecule has 0 saturated heterocycles. The number of hydrogen-bond acceptors (Lipinski definition) is 13. The van der Waals surface area contributed by atoms with E-state index in [0.29, 0.717) is 24.3 Å². The maximum absolute atomic E-state index is 13.7. The van der Waals surface area contributed by atoms with Crippen molar-refractivity contribution in [3.63, 3.8) is 0 Å². The van der Waals surface area contributed by atoms with Gasteiger partial charge in [-0.25, -0.2) is 28.5 Å². The van der Waals surface area contributed by atoms with Gasteiger partial charge in [0.15, 0.2) is 5.65 Å². The highest BCUT2D eigenvalue weighted by Crippen LogP contribution is 2.48. The van der Waals surface area contributed by atoms with Crippen molar-refractivity contribution in [1.29, 1.82) is 0 Å². The molecule has 2 rings (SSSR count). The molecule has 2 aromatic heterocycles. The molecular weight excluding hydrogens is 530 g/mol. The fourth-order valence-electron chi connectivity index (χ4n) is 2.94. The van der Waals surface area contributed by atoms with Gasteiger partial charge >= 0.3 is 19.9 Å². The van der Waals surface area contributed by atoms with Gasteiger partial charge in [-0.2, -0.15) is 5.10 Å². The lowest BCUT2D eigenvalue weighted by molar-refractivity contribution is -0.0381. The third-order valence-electron chi connectivity index (χ3n) is 4.68. The van der Waals surface area contributed by atoms with E-state index in [2.05, 4.69) is 15.1 Å². The Morgan fingerprint density at radius 2 is 1.63 bits per heavy atom. The average molecular weight is 565 g/mol. The first-order valence-corrected chi connectivity index (χ1v) is 13.6. The first-order valence-electron chi connectivity index (χ1n) is 11.9. The SMILES string of the molecule is Cc1ncnc2c(CCCC(CF)OCP(=O)(OCOC(=O)OC(C)C)OCOC(=O)OC(C)C)cnn12. The number of carbonyl (C=O) groups excluding carboxylic acids is 2. The lowest BCUT2D eigenvalue weighted by Gasteiger charge is -2.21. The Bertz CT molecular complexity index is 1050. The molecule has 0 aromatic carbocycles. The number of halogens is 1. The van der Waals surface area contributed by atoms with Crippen LogP contribution in [-0.2, 0) is 43.7 Å². The zero-order valence-corrected chi connectivity index (χ0v) is 22.9. The predicted molar refractivity (Wildman–Crippen MR) is 129 cm³/mol. The van der Waals surface area contributed by atoms with Gasteiger partial charge in [-0.3, -0.25) is 13.6 Å². The highest BCUT2D eigenvalue weighted by molar-refractivity contribution is 7.53. The average Bonchev–Trinajstić information content (AvgIpc) is 3.24. The van der Waals surface area contributed by atoms with Crippen molar-refractivity contribution in [3.8, 4) is 0 Å². The summed E-state index contributed by atoms with van der Waals surface area (Å²) in [6.07, 6.45) is -0.200. The summed E-state index contributed by atoms with van der Waals surface area (Å²) >= 11 is 0. The summed E-state index contributed by atoms with van der Waals surface area (Å²) in [6, 6.07) is 0. The van der Waals surface area contributed by atoms with Crippen LogP contribution in [0.4, 0.5) is 14.0 Å². The van der Waals surface area contributed by atoms with Gasteiger partial charge in [0.1, 0.15) is 25.2 Å². The summed E-state index contributed by atoms with van der Waals surface area (Å²) in [7, 11) is -4.17. The molecule has 0 aliphatic carbocycles. The van der Waals surface area contributed by atoms with E-state index in [4.69, 9.17) is 32.7 Å². The quantitative estimate of drug-likeness (QED) is 0.161. The minimum atomic E-state index is -4.17. The Morgan fingerprint density at radius 1 is 1.03 bits per heavy atom. The van der Waals surface area contributed by atoms with Gasteiger partial charge in [-0.1, -0.05) is 0 Å². The summed E-state index contributed by atoms with van der Waals surface area (Å²) < 4.78 is 62.9. The van der Waals surface area contributed by atoms with Crippen LogP contribution in [0.2, 0.25) is 0 Å². The van der Waals surface area contributed by atoms with Crippen LogP contribution in [-0.4, -0.2) is 76.8 Å². The Labute approximate surface area is 219 Å². The molecule has 0 radical (unpaired) electrons. The molecule has 1 atom stereocenters. The zero-order chi connectivity index (χ0) is 28.1. The highest BCUT2D eigenvalue weighted by atomic mass is 31.2. The molecule has 14 nitrogen and oxygen atoms in total. The van der Waals surface area contributed by atoms with Crippen molar-refractivity contribution in [3.05, 3.63) is 23.9 Å². The molecule has 38 heavy (non-hydrogen) atoms. The number of aromatic nitrogens is 4. The van der Waals surface area contributed by atoms with Crippen LogP contribution in [0.15, 0.2) is 12.5 Å². The molecule has 16 heteroatoms. The van der Waals surface area contributed by atoms with Crippen LogP contribution in [0, 0.1) is 6.92 Å². The van der Waals surface area contributed by atoms with E-state index >= 15 is 0 Å². The van der Waals surface area contributed by atoms with E-state index in [1.807, 2.05) is 0 Å². The first kappa shape index (κ1) is 31.3. The molecule has 0 fully saturated rings. The summed E-state index contributed by atoms with van der Waals surface area (Å²) in [5.41, 5.74) is 1.52. The number of hydrogen-bond donors (Lipinski definition) is 0. The fraction of sp³-hybridized carbons (Fsp3) is 0.682. The molecule has 0 aliphatic heterocycles. The lowest BCUT2D eigenvalue weighted by Crippen LogP contribution is -2.20. The summed E-state index contributed by atoms with van der Waals surface area (Å²) in [6.45, 7) is 5.76. The van der Waals surface area contributed by atoms with Crippen molar-refractivity contribution in [2.45, 2.75) is 72.2 Å². The topological polar surface area (TPSA) is 159 Å². The standard InChI is InChI=1S/C22H34FN4O10P/c1-15(2)36-21(28)31-12-34-38(30,35-13-32-22(29)37-16(3)4)14-33-19(9-23)8-6-7-18-10-26-27-17(5)24-11-25-20(18)27/h10-11,15-16,19H,6-9,12-14H2,1-5H3. The predicted octanol–water partition coefficient (Wildman–Crippen LogP) is 4.33. The Hall–Kier alpha value is -2.87. The van der Waals surface area contributed by atoms with Crippen LogP contribution in [0.3, 0.4) is 0 Å². The van der Waals surface area contributed by atoms with Crippen molar-refractivity contribution in [2.24, 2.45) is 0 Å². The van der Waals surface area contributed by atoms with Crippen LogP contribution in [0.5, 0.6) is 0 Å². The van der Waals surface area contributed by atoms with Crippen molar-refractivity contribution < 1.29 is 51.3 Å². The van der Waals surface area contributed by atoms with Crippen LogP contribution in [0.1, 0.15) is 51.9 Å². The number of rotatable bonds is 16. The maximum Gasteiger partial charge on any atom is 0.510 e. The molecule has 0 N–H and O–H groups in total. The minimum absolute atomic E-state index is 0.270. The van der Waals surface area contributed by atoms with Gasteiger partial charge in [-0.05, 0) is 53.9 Å². The van der Waals surface area contributed by atoms with E-state index in [1.54, 1.807) is 45.3 Å². The van der Waals surface area contributed by atoms with E-state index in [1.165, 1.54) is 6.33 Å². The Balaban J connectivity index is 1.90. The van der Waals surface area contributed by atoms with Crippen molar-refractivity contribution in [2.75, 3.05) is 26.6 Å². The van der Waals surface area contributed by atoms with E-state index < -0.39 is 64.8 Å². The third-order valence-corrected chi connectivity index (χ3v) is 6.14. The minimum Gasteiger partial charge on any atom is -0.432 e. The fourth-order valence-corrected chi connectivity index (χ4v) is 3.99. The van der Waals surface area contributed by atoms with E-state index in [-0.39, 0.29) is 6.42 Å². The molecule has 1 unspecified atom stereocenters. The summed E-state index contributed by atoms with van der Waals surface area (Å²) in [5.74, 6) is 0.685. The lowest BCUT2D eigenvalue weighted by atomic mass is 10.1. The van der Waals surface area contributed by atoms with Crippen LogP contribution >= 0.6 is 7.60 Å². The largest absolute Gasteiger partial charge is 0.510 e. The van der Waals surface area contributed by atoms with Crippen LogP contribution in [0.25, 0.3) is 5.65 Å². The monoisotopic (exact) mass is 564 g/mol. The highest BCUT2D eigenvalue weighted by Gasteiger charge is 2.29. The van der Waals surface area contributed by atoms with Gasteiger partial charge in [-0.15, -0.1) is 0 Å². The molecule has 0 amide bonds. The smallest absolute Gasteiger partial charge is 0.432 e. The second kappa shape index (κ2) is 15.5. The number of alkyl halides is 1. The van der Waals surface area contributed by atoms with Gasteiger partial charge < -0.3 is 23.7 Å². The Kier molecular flexibility index (Phi) is 12.8. The first-order chi connectivity index (χ1) is 18.0. The molecule has 0 bridgehead atoms. The molecule has 0 spiro atoms. The number of ether oxygens (including phenoxy) is 5. The zero-order valence-electron chi connectivity index (χ0n) is 22.0. The molecule has 2 heterocycles. The molecular formula is C22H34FN4O10P. The molecule has 2 aromatic rings. The Morgan fingerprint density at radius 3 is 2.18 bits per heavy atom. The second-order valence-electron chi connectivity index (χ2n) is 8.52. The van der Waals surface area contributed by atoms with Gasteiger partial charge in [0.25, 0.3) is 0 Å². The van der Waals surface area contributed by atoms with Crippen molar-refractivity contribution in [1.82, 2.24) is 19.6 Å². The number of aryl methyl sites for hydroxylation is 2. The van der Waals surface area contributed by atoms with E-state index in [9.17, 15) is 18.5 Å². The van der Waals surface area contributed by atoms with Gasteiger partial charge in [0, 0.05) is 5.56 Å². The van der Waals surface area contributed by atoms with Crippen molar-refractivity contribution >= 4 is 25.6 Å². The van der Waals surface area contributed by atoms with Crippen LogP contribution < -0.4 is 0 Å². The number of carbonyl (C=O) groups is 2. The van der Waals surface area contributed by atoms with Gasteiger partial charge in [0.2, 0.25) is 13.6 Å².